The molecule has 7 heteroatoms. The van der Waals surface area contributed by atoms with Crippen molar-refractivity contribution < 1.29 is 24.6 Å². The lowest BCUT2D eigenvalue weighted by molar-refractivity contribution is -0.615. The van der Waals surface area contributed by atoms with Gasteiger partial charge in [0.2, 0.25) is 0 Å². The Morgan fingerprint density at radius 3 is 2.09 bits per heavy atom. The number of hydrogen-bond donors (Lipinski definition) is 2. The van der Waals surface area contributed by atoms with Gasteiger partial charge < -0.3 is 11.1 Å². The number of carbonyl (C=O) groups is 1. The van der Waals surface area contributed by atoms with Gasteiger partial charge in [-0.15, -0.1) is 0 Å². The van der Waals surface area contributed by atoms with Crippen molar-refractivity contribution in [2.24, 2.45) is 5.73 Å². The number of amides is 1. The predicted molar refractivity (Wildman–Crippen MR) is 83.5 cm³/mol. The number of unbranched alkanes of at least 4 members (excludes halogenated alkanes) is 8. The van der Waals surface area contributed by atoms with Crippen LogP contribution < -0.4 is 11.1 Å². The van der Waals surface area contributed by atoms with Crippen LogP contribution in [0.25, 0.3) is 0 Å². The van der Waals surface area contributed by atoms with Gasteiger partial charge in [0.1, 0.15) is 0 Å². The van der Waals surface area contributed by atoms with E-state index in [9.17, 15) is 4.79 Å². The Bertz CT molecular complexity index is 242. The van der Waals surface area contributed by atoms with Gasteiger partial charge in [-0.05, 0) is 37.4 Å². The Labute approximate surface area is 133 Å². The van der Waals surface area contributed by atoms with Crippen molar-refractivity contribution in [3.63, 3.8) is 0 Å². The topological polar surface area (TPSA) is 92.0 Å². The zero-order valence-corrected chi connectivity index (χ0v) is 13.8. The van der Waals surface area contributed by atoms with Crippen LogP contribution in [-0.2, 0) is 19.9 Å². The largest absolute Gasteiger partial charge is 0.439 e. The van der Waals surface area contributed by atoms with Gasteiger partial charge in [0.15, 0.2) is 0 Å². The highest BCUT2D eigenvalue weighted by atomic mass is 17.7. The van der Waals surface area contributed by atoms with Gasteiger partial charge in [-0.25, -0.2) is 14.6 Å². The van der Waals surface area contributed by atoms with E-state index in [1.54, 1.807) is 0 Å². The molecule has 0 unspecified atom stereocenters. The van der Waals surface area contributed by atoms with E-state index in [4.69, 9.17) is 0 Å². The molecule has 0 atom stereocenters. The summed E-state index contributed by atoms with van der Waals surface area (Å²) in [5.41, 5.74) is 4.63. The molecule has 0 aromatic heterocycles. The van der Waals surface area contributed by atoms with Gasteiger partial charge in [-0.2, -0.15) is 0 Å². The molecule has 0 fully saturated rings. The third-order valence-corrected chi connectivity index (χ3v) is 3.23. The fourth-order valence-electron chi connectivity index (χ4n) is 2.00. The monoisotopic (exact) mass is 320 g/mol. The van der Waals surface area contributed by atoms with Crippen molar-refractivity contribution >= 4 is 6.09 Å². The Balaban J connectivity index is 2.95. The first-order valence-electron chi connectivity index (χ1n) is 8.40. The summed E-state index contributed by atoms with van der Waals surface area (Å²) < 4.78 is 0. The lowest BCUT2D eigenvalue weighted by Crippen LogP contribution is -2.16. The minimum Gasteiger partial charge on any atom is -0.333 e. The molecule has 1 amide bonds. The molecule has 0 aliphatic heterocycles. The quantitative estimate of drug-likeness (QED) is 0.242. The molecule has 0 spiro atoms. The summed E-state index contributed by atoms with van der Waals surface area (Å²) in [5, 5.41) is 11.5. The summed E-state index contributed by atoms with van der Waals surface area (Å²) in [6, 6.07) is 0. The molecule has 0 radical (unpaired) electrons. The van der Waals surface area contributed by atoms with Crippen LogP contribution in [0.5, 0.6) is 0 Å². The molecule has 0 saturated carbocycles. The summed E-state index contributed by atoms with van der Waals surface area (Å²) in [5.74, 6) is 0. The summed E-state index contributed by atoms with van der Waals surface area (Å²) in [7, 11) is 0. The molecule has 0 rings (SSSR count). The van der Waals surface area contributed by atoms with Crippen LogP contribution in [0.15, 0.2) is 0 Å². The highest BCUT2D eigenvalue weighted by Crippen LogP contribution is 2.08. The molecule has 132 valence electrons. The number of nitrogens with one attached hydrogen (secondary N) is 1. The van der Waals surface area contributed by atoms with E-state index in [1.165, 1.54) is 51.4 Å². The van der Waals surface area contributed by atoms with E-state index >= 15 is 0 Å². The van der Waals surface area contributed by atoms with E-state index in [-0.39, 0.29) is 0 Å². The second-order valence-corrected chi connectivity index (χ2v) is 5.29. The lowest BCUT2D eigenvalue weighted by Gasteiger charge is -2.04. The third-order valence-electron chi connectivity index (χ3n) is 3.23. The number of rotatable bonds is 17. The average Bonchev–Trinajstić information content (AvgIpc) is 2.50. The van der Waals surface area contributed by atoms with Crippen LogP contribution in [0.4, 0.5) is 4.79 Å². The molecular weight excluding hydrogens is 288 g/mol. The second-order valence-electron chi connectivity index (χ2n) is 5.29. The number of hydrogen-bond acceptors (Lipinski definition) is 6. The first-order valence-corrected chi connectivity index (χ1v) is 8.40. The average molecular weight is 320 g/mol. The minimum atomic E-state index is -1.08. The minimum absolute atomic E-state index is 0.394. The first kappa shape index (κ1) is 21.1. The van der Waals surface area contributed by atoms with Crippen LogP contribution in [-0.4, -0.2) is 25.8 Å². The van der Waals surface area contributed by atoms with Gasteiger partial charge in [0, 0.05) is 5.04 Å². The van der Waals surface area contributed by atoms with Gasteiger partial charge in [0.25, 0.3) is 0 Å². The molecule has 0 aliphatic rings. The van der Waals surface area contributed by atoms with Gasteiger partial charge in [-0.1, -0.05) is 51.9 Å². The van der Waals surface area contributed by atoms with E-state index in [1.807, 2.05) is 0 Å². The highest BCUT2D eigenvalue weighted by molar-refractivity contribution is 5.63. The highest BCUT2D eigenvalue weighted by Gasteiger charge is 1.97. The van der Waals surface area contributed by atoms with E-state index in [0.29, 0.717) is 6.61 Å². The molecule has 0 aromatic carbocycles. The van der Waals surface area contributed by atoms with Crippen molar-refractivity contribution in [2.45, 2.75) is 71.1 Å². The first-order chi connectivity index (χ1) is 10.8. The molecule has 0 heterocycles. The van der Waals surface area contributed by atoms with Crippen molar-refractivity contribution in [3.8, 4) is 0 Å². The maximum absolute atomic E-state index is 10.1. The van der Waals surface area contributed by atoms with Crippen LogP contribution >= 0.6 is 0 Å². The summed E-state index contributed by atoms with van der Waals surface area (Å²) in [4.78, 5) is 18.6. The normalized spacial score (nSPS) is 10.8. The SMILES string of the molecule is CCCCNCCCCCCCCCCOOOOC(N)=O. The van der Waals surface area contributed by atoms with Crippen molar-refractivity contribution in [1.29, 1.82) is 0 Å². The second kappa shape index (κ2) is 18.2. The lowest BCUT2D eigenvalue weighted by atomic mass is 10.1. The third kappa shape index (κ3) is 19.1. The van der Waals surface area contributed by atoms with Crippen LogP contribution in [0, 0.1) is 0 Å². The predicted octanol–water partition coefficient (Wildman–Crippen LogP) is 3.39. The number of primary amides is 1. The molecule has 0 bridgehead atoms. The van der Waals surface area contributed by atoms with Crippen molar-refractivity contribution in [2.75, 3.05) is 19.7 Å². The fraction of sp³-hybridized carbons (Fsp3) is 0.933. The maximum atomic E-state index is 10.1. The Morgan fingerprint density at radius 2 is 1.45 bits per heavy atom. The van der Waals surface area contributed by atoms with Crippen LogP contribution in [0.2, 0.25) is 0 Å². The molecule has 0 saturated heterocycles. The smallest absolute Gasteiger partial charge is 0.333 e. The molecule has 0 aliphatic carbocycles. The Hall–Kier alpha value is -0.890. The van der Waals surface area contributed by atoms with Gasteiger partial charge >= 0.3 is 6.09 Å². The molecule has 0 aromatic rings. The summed E-state index contributed by atoms with van der Waals surface area (Å²) in [6.45, 7) is 4.92. The standard InChI is InChI=1S/C15H32N2O5/c1-2-3-12-17-13-10-8-6-4-5-7-9-11-14-19-21-22-20-15(16)18/h17H,2-14H2,1H3,(H2,16,18). The molecule has 7 nitrogen and oxygen atoms in total. The molecule has 3 N–H and O–H groups in total. The molecular formula is C15H32N2O5. The summed E-state index contributed by atoms with van der Waals surface area (Å²) >= 11 is 0. The fourth-order valence-corrected chi connectivity index (χ4v) is 2.00. The van der Waals surface area contributed by atoms with E-state index in [0.717, 1.165) is 25.9 Å². The van der Waals surface area contributed by atoms with Crippen molar-refractivity contribution in [3.05, 3.63) is 0 Å². The van der Waals surface area contributed by atoms with E-state index < -0.39 is 6.09 Å². The van der Waals surface area contributed by atoms with E-state index in [2.05, 4.69) is 37.8 Å². The zero-order valence-electron chi connectivity index (χ0n) is 13.8. The van der Waals surface area contributed by atoms with Crippen molar-refractivity contribution in [1.82, 2.24) is 5.32 Å². The van der Waals surface area contributed by atoms with Crippen LogP contribution in [0.1, 0.15) is 71.1 Å². The Morgan fingerprint density at radius 1 is 0.864 bits per heavy atom. The van der Waals surface area contributed by atoms with Gasteiger partial charge in [0.05, 0.1) is 6.61 Å². The summed E-state index contributed by atoms with van der Waals surface area (Å²) in [6.07, 6.45) is 11.1. The molecule has 22 heavy (non-hydrogen) atoms. The number of nitrogens with two attached hydrogens (primary N) is 1. The maximum Gasteiger partial charge on any atom is 0.439 e. The van der Waals surface area contributed by atoms with Gasteiger partial charge in [-0.3, -0.25) is 0 Å². The Kier molecular flexibility index (Phi) is 17.4. The van der Waals surface area contributed by atoms with Crippen LogP contribution in [0.3, 0.4) is 0 Å². The number of carbonyl (C=O) groups excluding carboxylic acids is 1. The zero-order chi connectivity index (χ0) is 16.3.